The molecular formula is C25H28BrNO6. The lowest BCUT2D eigenvalue weighted by atomic mass is 9.70. The van der Waals surface area contributed by atoms with Crippen LogP contribution in [0.15, 0.2) is 45.9 Å². The van der Waals surface area contributed by atoms with Gasteiger partial charge in [-0.1, -0.05) is 41.9 Å². The van der Waals surface area contributed by atoms with E-state index in [1.165, 1.54) is 21.3 Å². The molecule has 1 fully saturated rings. The van der Waals surface area contributed by atoms with Gasteiger partial charge in [0, 0.05) is 10.0 Å². The average Bonchev–Trinajstić information content (AvgIpc) is 3.30. The van der Waals surface area contributed by atoms with Crippen LogP contribution in [0, 0.1) is 5.41 Å². The van der Waals surface area contributed by atoms with Crippen molar-refractivity contribution in [2.45, 2.75) is 38.3 Å². The van der Waals surface area contributed by atoms with Gasteiger partial charge in [-0.05, 0) is 48.6 Å². The molecule has 7 nitrogen and oxygen atoms in total. The van der Waals surface area contributed by atoms with E-state index in [0.29, 0.717) is 41.4 Å². The Morgan fingerprint density at radius 3 is 2.06 bits per heavy atom. The van der Waals surface area contributed by atoms with Crippen LogP contribution in [0.4, 0.5) is 0 Å². The summed E-state index contributed by atoms with van der Waals surface area (Å²) in [4.78, 5) is 18.6. The summed E-state index contributed by atoms with van der Waals surface area (Å²) in [5.74, 6) is 1.03. The molecule has 2 aromatic carbocycles. The first-order valence-electron chi connectivity index (χ1n) is 10.6. The fraction of sp³-hybridized carbons (Fsp3) is 0.440. The van der Waals surface area contributed by atoms with Gasteiger partial charge in [0.1, 0.15) is 5.60 Å². The number of benzene rings is 2. The van der Waals surface area contributed by atoms with Gasteiger partial charge in [-0.3, -0.25) is 0 Å². The highest BCUT2D eigenvalue weighted by molar-refractivity contribution is 9.10. The molecule has 2 aromatic rings. The van der Waals surface area contributed by atoms with Gasteiger partial charge < -0.3 is 23.7 Å². The van der Waals surface area contributed by atoms with E-state index in [1.54, 1.807) is 12.1 Å². The first kappa shape index (κ1) is 23.6. The predicted octanol–water partition coefficient (Wildman–Crippen LogP) is 4.88. The van der Waals surface area contributed by atoms with Crippen LogP contribution in [-0.2, 0) is 19.8 Å². The second-order valence-electron chi connectivity index (χ2n) is 9.30. The van der Waals surface area contributed by atoms with Crippen molar-refractivity contribution in [2.75, 3.05) is 27.9 Å². The van der Waals surface area contributed by atoms with Gasteiger partial charge >= 0.3 is 5.97 Å². The number of halogens is 1. The van der Waals surface area contributed by atoms with Crippen molar-refractivity contribution in [2.24, 2.45) is 10.4 Å². The fourth-order valence-corrected chi connectivity index (χ4v) is 5.09. The Bertz CT molecular complexity index is 1090. The third-order valence-corrected chi connectivity index (χ3v) is 6.82. The highest BCUT2D eigenvalue weighted by Crippen LogP contribution is 2.53. The summed E-state index contributed by atoms with van der Waals surface area (Å²) >= 11 is 3.47. The second-order valence-corrected chi connectivity index (χ2v) is 10.2. The molecule has 0 amide bonds. The molecule has 176 valence electrons. The maximum Gasteiger partial charge on any atom is 0.348 e. The molecule has 0 spiro atoms. The van der Waals surface area contributed by atoms with Crippen LogP contribution in [0.1, 0.15) is 38.3 Å². The SMILES string of the molecule is COc1cc(C2=N[C@](c3ccc(Br)cc3)([C@@]3(C)CC(C)(C)CO3)C(=O)O2)cc(OC)c1OC. The van der Waals surface area contributed by atoms with Crippen molar-refractivity contribution in [3.05, 3.63) is 52.0 Å². The van der Waals surface area contributed by atoms with Gasteiger partial charge in [-0.15, -0.1) is 0 Å². The van der Waals surface area contributed by atoms with Crippen molar-refractivity contribution in [3.63, 3.8) is 0 Å². The lowest BCUT2D eigenvalue weighted by Gasteiger charge is -2.38. The zero-order valence-corrected chi connectivity index (χ0v) is 21.2. The quantitative estimate of drug-likeness (QED) is 0.508. The molecule has 0 radical (unpaired) electrons. The zero-order valence-electron chi connectivity index (χ0n) is 19.7. The number of nitrogens with zero attached hydrogens (tertiary/aromatic N) is 1. The maximum absolute atomic E-state index is 13.7. The lowest BCUT2D eigenvalue weighted by molar-refractivity contribution is -0.150. The number of esters is 1. The molecule has 33 heavy (non-hydrogen) atoms. The third kappa shape index (κ3) is 3.79. The van der Waals surface area contributed by atoms with Crippen LogP contribution in [0.2, 0.25) is 0 Å². The van der Waals surface area contributed by atoms with Crippen LogP contribution in [0.3, 0.4) is 0 Å². The van der Waals surface area contributed by atoms with Gasteiger partial charge in [0.05, 0.1) is 27.9 Å². The predicted molar refractivity (Wildman–Crippen MR) is 127 cm³/mol. The molecule has 2 heterocycles. The Kier molecular flexibility index (Phi) is 5.95. The minimum Gasteiger partial charge on any atom is -0.493 e. The fourth-order valence-electron chi connectivity index (χ4n) is 4.83. The number of ether oxygens (including phenoxy) is 5. The maximum atomic E-state index is 13.7. The van der Waals surface area contributed by atoms with Crippen LogP contribution in [0.25, 0.3) is 0 Å². The molecule has 0 saturated carbocycles. The Labute approximate surface area is 202 Å². The summed E-state index contributed by atoms with van der Waals surface area (Å²) in [5.41, 5.74) is -1.13. The summed E-state index contributed by atoms with van der Waals surface area (Å²) < 4.78 is 29.4. The first-order chi connectivity index (χ1) is 15.6. The van der Waals surface area contributed by atoms with Crippen LogP contribution >= 0.6 is 15.9 Å². The number of hydrogen-bond donors (Lipinski definition) is 0. The van der Waals surface area contributed by atoms with Crippen molar-refractivity contribution >= 4 is 27.8 Å². The third-order valence-electron chi connectivity index (χ3n) is 6.29. The first-order valence-corrected chi connectivity index (χ1v) is 11.4. The summed E-state index contributed by atoms with van der Waals surface area (Å²) in [6.45, 7) is 6.70. The van der Waals surface area contributed by atoms with E-state index in [9.17, 15) is 4.79 Å². The van der Waals surface area contributed by atoms with Gasteiger partial charge in [-0.25, -0.2) is 9.79 Å². The molecule has 0 aromatic heterocycles. The normalized spacial score (nSPS) is 26.0. The van der Waals surface area contributed by atoms with Gasteiger partial charge in [0.2, 0.25) is 17.2 Å². The second kappa shape index (κ2) is 8.33. The van der Waals surface area contributed by atoms with E-state index in [0.717, 1.165) is 4.47 Å². The summed E-state index contributed by atoms with van der Waals surface area (Å²) in [7, 11) is 4.60. The largest absolute Gasteiger partial charge is 0.493 e. The number of carbonyl (C=O) groups is 1. The summed E-state index contributed by atoms with van der Waals surface area (Å²) in [5, 5.41) is 0. The van der Waals surface area contributed by atoms with Crippen molar-refractivity contribution in [3.8, 4) is 17.2 Å². The minimum atomic E-state index is -1.36. The Morgan fingerprint density at radius 2 is 1.58 bits per heavy atom. The monoisotopic (exact) mass is 517 g/mol. The molecule has 4 rings (SSSR count). The van der Waals surface area contributed by atoms with E-state index in [-0.39, 0.29) is 11.3 Å². The van der Waals surface area contributed by atoms with Crippen molar-refractivity contribution < 1.29 is 28.5 Å². The lowest BCUT2D eigenvalue weighted by Crippen LogP contribution is -2.52. The van der Waals surface area contributed by atoms with Crippen LogP contribution in [-0.4, -0.2) is 45.4 Å². The number of carbonyl (C=O) groups excluding carboxylic acids is 1. The van der Waals surface area contributed by atoms with E-state index < -0.39 is 17.1 Å². The molecule has 2 atom stereocenters. The van der Waals surface area contributed by atoms with E-state index >= 15 is 0 Å². The van der Waals surface area contributed by atoms with Crippen molar-refractivity contribution in [1.82, 2.24) is 0 Å². The van der Waals surface area contributed by atoms with Gasteiger partial charge in [-0.2, -0.15) is 0 Å². The number of methoxy groups -OCH3 is 3. The van der Waals surface area contributed by atoms with Gasteiger partial charge in [0.15, 0.2) is 11.5 Å². The zero-order chi connectivity index (χ0) is 24.0. The van der Waals surface area contributed by atoms with E-state index in [4.69, 9.17) is 28.7 Å². The highest BCUT2D eigenvalue weighted by Gasteiger charge is 2.64. The van der Waals surface area contributed by atoms with Gasteiger partial charge in [0.25, 0.3) is 0 Å². The summed E-state index contributed by atoms with van der Waals surface area (Å²) in [6.07, 6.45) is 0.636. The van der Waals surface area contributed by atoms with E-state index in [2.05, 4.69) is 29.8 Å². The number of aliphatic imine (C=N–C) groups is 1. The van der Waals surface area contributed by atoms with E-state index in [1.807, 2.05) is 31.2 Å². The molecule has 2 aliphatic heterocycles. The number of cyclic esters (lactones) is 1. The average molecular weight is 518 g/mol. The molecule has 0 bridgehead atoms. The Morgan fingerprint density at radius 1 is 0.970 bits per heavy atom. The molecule has 0 aliphatic carbocycles. The molecular weight excluding hydrogens is 490 g/mol. The van der Waals surface area contributed by atoms with Crippen molar-refractivity contribution in [1.29, 1.82) is 0 Å². The Hall–Kier alpha value is -2.58. The topological polar surface area (TPSA) is 75.6 Å². The summed E-state index contributed by atoms with van der Waals surface area (Å²) in [6, 6.07) is 11.0. The Balaban J connectivity index is 1.92. The van der Waals surface area contributed by atoms with Crippen LogP contribution in [0.5, 0.6) is 17.2 Å². The standard InChI is InChI=1S/C25H28BrNO6/c1-23(2)13-24(3,32-14-23)25(16-7-9-17(26)10-8-16)22(28)33-21(27-25)15-11-18(29-4)20(31-6)19(12-15)30-5/h7-12H,13-14H2,1-6H3/t24-,25+/m1/s1. The van der Waals surface area contributed by atoms with Crippen LogP contribution < -0.4 is 14.2 Å². The highest BCUT2D eigenvalue weighted by atomic mass is 79.9. The molecule has 8 heteroatoms. The number of rotatable bonds is 6. The molecule has 0 N–H and O–H groups in total. The molecule has 2 aliphatic rings. The smallest absolute Gasteiger partial charge is 0.348 e. The molecule has 0 unspecified atom stereocenters. The molecule has 1 saturated heterocycles. The minimum absolute atomic E-state index is 0.109. The number of hydrogen-bond acceptors (Lipinski definition) is 7.